The van der Waals surface area contributed by atoms with Crippen molar-refractivity contribution in [2.75, 3.05) is 25.3 Å². The van der Waals surface area contributed by atoms with E-state index in [9.17, 15) is 24.0 Å². The Morgan fingerprint density at radius 1 is 1.09 bits per heavy atom. The number of aromatic amines is 1. The van der Waals surface area contributed by atoms with Crippen molar-refractivity contribution in [2.24, 2.45) is 0 Å². The zero-order valence-corrected chi connectivity index (χ0v) is 19.9. The van der Waals surface area contributed by atoms with Crippen LogP contribution >= 0.6 is 11.8 Å². The molecule has 4 atom stereocenters. The van der Waals surface area contributed by atoms with Crippen LogP contribution in [0.25, 0.3) is 6.08 Å². The largest absolute Gasteiger partial charge is 0.466 e. The van der Waals surface area contributed by atoms with E-state index in [4.69, 9.17) is 18.9 Å². The van der Waals surface area contributed by atoms with Crippen molar-refractivity contribution in [3.05, 3.63) is 22.0 Å². The molecule has 0 saturated carbocycles. The van der Waals surface area contributed by atoms with Crippen LogP contribution in [0.5, 0.6) is 0 Å². The minimum absolute atomic E-state index is 0.0112. The highest BCUT2D eigenvalue weighted by atomic mass is 32.2. The molecule has 1 fully saturated rings. The van der Waals surface area contributed by atoms with Crippen molar-refractivity contribution in [3.8, 4) is 0 Å². The number of nitrogens with zero attached hydrogens (tertiary/aromatic N) is 1. The van der Waals surface area contributed by atoms with Gasteiger partial charge in [0.05, 0.1) is 19.3 Å². The smallest absolute Gasteiger partial charge is 0.330 e. The number of hydrogen-bond donors (Lipinski definition) is 2. The minimum Gasteiger partial charge on any atom is -0.466 e. The molecule has 1 saturated heterocycles. The van der Waals surface area contributed by atoms with E-state index in [1.165, 1.54) is 20.1 Å². The molecule has 0 unspecified atom stereocenters. The summed E-state index contributed by atoms with van der Waals surface area (Å²) in [4.78, 5) is 66.0. The van der Waals surface area contributed by atoms with E-state index in [1.807, 2.05) is 0 Å². The molecule has 0 aromatic carbocycles. The van der Waals surface area contributed by atoms with Crippen LogP contribution in [0.4, 0.5) is 5.82 Å². The molecule has 2 rings (SSSR count). The van der Waals surface area contributed by atoms with Gasteiger partial charge in [0.1, 0.15) is 5.82 Å². The maximum absolute atomic E-state index is 12.6. The number of hydrogen-bond acceptors (Lipinski definition) is 13. The number of esters is 4. The van der Waals surface area contributed by atoms with Crippen molar-refractivity contribution in [1.82, 2.24) is 9.97 Å². The maximum atomic E-state index is 12.6. The van der Waals surface area contributed by atoms with E-state index < -0.39 is 54.0 Å². The quantitative estimate of drug-likeness (QED) is 0.164. The SMILES string of the molecule is COC(=O)/C=C/c1c(N[C@@H]2OC[C@@H](OC(C)=O)[C@H](OC(C)=O)[C@H]2OC(C)=O)nc(SC)[nH]c1=O. The van der Waals surface area contributed by atoms with Gasteiger partial charge in [-0.1, -0.05) is 11.8 Å². The summed E-state index contributed by atoms with van der Waals surface area (Å²) < 4.78 is 26.1. The predicted molar refractivity (Wildman–Crippen MR) is 118 cm³/mol. The molecule has 1 aliphatic heterocycles. The molecule has 1 aromatic heterocycles. The summed E-state index contributed by atoms with van der Waals surface area (Å²) in [6.07, 6.45) is -0.821. The lowest BCUT2D eigenvalue weighted by Gasteiger charge is -2.40. The van der Waals surface area contributed by atoms with Crippen molar-refractivity contribution in [3.63, 3.8) is 0 Å². The van der Waals surface area contributed by atoms with Gasteiger partial charge in [0.15, 0.2) is 29.7 Å². The van der Waals surface area contributed by atoms with Crippen LogP contribution in [0, 0.1) is 0 Å². The molecule has 0 radical (unpaired) electrons. The van der Waals surface area contributed by atoms with Crippen LogP contribution in [0.15, 0.2) is 16.0 Å². The molecule has 2 heterocycles. The molecule has 0 spiro atoms. The number of H-pyrrole nitrogens is 1. The molecular weight excluding hydrogens is 474 g/mol. The number of carbonyl (C=O) groups is 4. The van der Waals surface area contributed by atoms with Crippen molar-refractivity contribution in [1.29, 1.82) is 0 Å². The van der Waals surface area contributed by atoms with Gasteiger partial charge in [-0.05, 0) is 12.3 Å². The van der Waals surface area contributed by atoms with Gasteiger partial charge in [-0.3, -0.25) is 19.2 Å². The van der Waals surface area contributed by atoms with Crippen molar-refractivity contribution in [2.45, 2.75) is 50.5 Å². The van der Waals surface area contributed by atoms with Crippen molar-refractivity contribution >= 4 is 47.5 Å². The zero-order chi connectivity index (χ0) is 25.4. The van der Waals surface area contributed by atoms with E-state index in [2.05, 4.69) is 20.0 Å². The number of carbonyl (C=O) groups excluding carboxylic acids is 4. The number of thioether (sulfide) groups is 1. The molecule has 14 heteroatoms. The number of ether oxygens (including phenoxy) is 5. The fourth-order valence-corrected chi connectivity index (χ4v) is 3.42. The second kappa shape index (κ2) is 12.2. The second-order valence-electron chi connectivity index (χ2n) is 6.89. The molecule has 0 amide bonds. The average molecular weight is 499 g/mol. The van der Waals surface area contributed by atoms with Gasteiger partial charge in [-0.2, -0.15) is 0 Å². The van der Waals surface area contributed by atoms with Gasteiger partial charge < -0.3 is 34.0 Å². The summed E-state index contributed by atoms with van der Waals surface area (Å²) in [5, 5.41) is 3.11. The first-order chi connectivity index (χ1) is 16.0. The van der Waals surface area contributed by atoms with Crippen LogP contribution in [0.2, 0.25) is 0 Å². The van der Waals surface area contributed by atoms with Crippen LogP contribution in [-0.2, 0) is 42.9 Å². The third-order valence-corrected chi connectivity index (χ3v) is 4.92. The van der Waals surface area contributed by atoms with E-state index in [0.29, 0.717) is 0 Å². The third-order valence-electron chi connectivity index (χ3n) is 4.34. The van der Waals surface area contributed by atoms with Gasteiger partial charge in [0.2, 0.25) is 0 Å². The standard InChI is InChI=1S/C20H25N3O10S/c1-9(24)31-13-8-30-19(16(33-11(3)26)15(13)32-10(2)25)21-17-12(6-7-14(27)29-4)18(28)23-20(22-17)34-5/h6-7,13,15-16,19H,8H2,1-5H3,(H2,21,22,23,28)/b7-6+/t13-,15+,16-,19-/m1/s1. The van der Waals surface area contributed by atoms with Gasteiger partial charge >= 0.3 is 23.9 Å². The summed E-state index contributed by atoms with van der Waals surface area (Å²) in [6, 6.07) is 0. The van der Waals surface area contributed by atoms with Gasteiger partial charge in [-0.25, -0.2) is 9.78 Å². The Kier molecular flexibility index (Phi) is 9.62. The summed E-state index contributed by atoms with van der Waals surface area (Å²) in [7, 11) is 1.18. The Morgan fingerprint density at radius 2 is 1.71 bits per heavy atom. The zero-order valence-electron chi connectivity index (χ0n) is 19.1. The van der Waals surface area contributed by atoms with E-state index in [1.54, 1.807) is 6.26 Å². The minimum atomic E-state index is -1.28. The summed E-state index contributed by atoms with van der Waals surface area (Å²) >= 11 is 1.15. The molecule has 0 aliphatic carbocycles. The van der Waals surface area contributed by atoms with E-state index in [-0.39, 0.29) is 23.1 Å². The first kappa shape index (κ1) is 26.9. The lowest BCUT2D eigenvalue weighted by Crippen LogP contribution is -2.59. The maximum Gasteiger partial charge on any atom is 0.330 e. The Morgan fingerprint density at radius 3 is 2.26 bits per heavy atom. The number of anilines is 1. The average Bonchev–Trinajstić information content (AvgIpc) is 2.75. The Bertz CT molecular complexity index is 1020. The summed E-state index contributed by atoms with van der Waals surface area (Å²) in [6.45, 7) is 3.23. The fourth-order valence-electron chi connectivity index (χ4n) is 3.04. The highest BCUT2D eigenvalue weighted by Crippen LogP contribution is 2.26. The normalized spacial score (nSPS) is 22.0. The van der Waals surface area contributed by atoms with Crippen molar-refractivity contribution < 1.29 is 42.9 Å². The number of methoxy groups -OCH3 is 1. The number of aromatic nitrogens is 2. The molecular formula is C20H25N3O10S. The molecule has 0 bridgehead atoms. The third kappa shape index (κ3) is 7.31. The Hall–Kier alpha value is -3.39. The second-order valence-corrected chi connectivity index (χ2v) is 7.68. The van der Waals surface area contributed by atoms with E-state index in [0.717, 1.165) is 31.7 Å². The summed E-state index contributed by atoms with van der Waals surface area (Å²) in [5.74, 6) is -2.81. The fraction of sp³-hybridized carbons (Fsp3) is 0.500. The lowest BCUT2D eigenvalue weighted by molar-refractivity contribution is -0.221. The van der Waals surface area contributed by atoms with Crippen LogP contribution in [0.3, 0.4) is 0 Å². The van der Waals surface area contributed by atoms with Crippen LogP contribution in [0.1, 0.15) is 26.3 Å². The highest BCUT2D eigenvalue weighted by molar-refractivity contribution is 7.98. The molecule has 13 nitrogen and oxygen atoms in total. The van der Waals surface area contributed by atoms with Gasteiger partial charge in [0, 0.05) is 26.8 Å². The Labute approximate surface area is 198 Å². The van der Waals surface area contributed by atoms with E-state index >= 15 is 0 Å². The first-order valence-corrected chi connectivity index (χ1v) is 11.1. The first-order valence-electron chi connectivity index (χ1n) is 9.89. The Balaban J connectivity index is 2.49. The molecule has 2 N–H and O–H groups in total. The van der Waals surface area contributed by atoms with Gasteiger partial charge in [-0.15, -0.1) is 0 Å². The van der Waals surface area contributed by atoms with Crippen LogP contribution in [-0.4, -0.2) is 78.4 Å². The van der Waals surface area contributed by atoms with Gasteiger partial charge in [0.25, 0.3) is 5.56 Å². The lowest BCUT2D eigenvalue weighted by atomic mass is 10.0. The number of nitrogens with one attached hydrogen (secondary N) is 2. The molecule has 1 aliphatic rings. The van der Waals surface area contributed by atoms with Crippen LogP contribution < -0.4 is 10.9 Å². The number of rotatable bonds is 8. The summed E-state index contributed by atoms with van der Waals surface area (Å²) in [5.41, 5.74) is -0.615. The topological polar surface area (TPSA) is 172 Å². The monoisotopic (exact) mass is 499 g/mol. The highest BCUT2D eigenvalue weighted by Gasteiger charge is 2.47. The predicted octanol–water partition coefficient (Wildman–Crippen LogP) is 0.241. The molecule has 1 aromatic rings. The molecule has 34 heavy (non-hydrogen) atoms. The molecule has 186 valence electrons.